The molecule has 2 aromatic heterocycles. The van der Waals surface area contributed by atoms with Crippen LogP contribution in [-0.4, -0.2) is 42.5 Å². The third-order valence-electron chi connectivity index (χ3n) is 5.90. The van der Waals surface area contributed by atoms with Crippen LogP contribution in [0.15, 0.2) is 39.1 Å². The molecule has 3 heterocycles. The molecule has 0 saturated carbocycles. The zero-order valence-corrected chi connectivity index (χ0v) is 21.6. The molecule has 0 radical (unpaired) electrons. The van der Waals surface area contributed by atoms with Crippen LogP contribution in [0, 0.1) is 19.8 Å². The summed E-state index contributed by atoms with van der Waals surface area (Å²) in [6.45, 7) is 9.00. The first kappa shape index (κ1) is 24.0. The minimum absolute atomic E-state index is 0. The van der Waals surface area contributed by atoms with Crippen molar-refractivity contribution in [3.63, 3.8) is 0 Å². The molecule has 8 heteroatoms. The van der Waals surface area contributed by atoms with Crippen LogP contribution < -0.4 is 10.6 Å². The van der Waals surface area contributed by atoms with Crippen LogP contribution in [0.2, 0.25) is 0 Å². The highest BCUT2D eigenvalue weighted by Gasteiger charge is 2.20. The van der Waals surface area contributed by atoms with Gasteiger partial charge in [0.2, 0.25) is 0 Å². The standard InChI is InChI=1S/C23H31N5OS.HI/c1-16-20-6-4-5-7-21(20)29-22(16)13-26-23(24-3)25-12-18-8-10-28(11-9-18)14-19-15-30-17(2)27-19;/h4-7,15,18H,8-14H2,1-3H3,(H2,24,25,26);1H. The highest BCUT2D eigenvalue weighted by atomic mass is 127. The molecule has 0 aliphatic carbocycles. The number of hydrogen-bond acceptors (Lipinski definition) is 5. The molecule has 1 fully saturated rings. The largest absolute Gasteiger partial charge is 0.459 e. The number of furan rings is 1. The third-order valence-corrected chi connectivity index (χ3v) is 6.72. The molecule has 1 aliphatic heterocycles. The fourth-order valence-corrected chi connectivity index (χ4v) is 4.68. The fourth-order valence-electron chi connectivity index (χ4n) is 4.08. The summed E-state index contributed by atoms with van der Waals surface area (Å²) in [6, 6.07) is 8.17. The SMILES string of the molecule is CN=C(NCc1oc2ccccc2c1C)NCC1CCN(Cc2csc(C)n2)CC1.I. The Hall–Kier alpha value is -1.65. The molecule has 1 aromatic carbocycles. The van der Waals surface area contributed by atoms with E-state index in [0.29, 0.717) is 12.5 Å². The summed E-state index contributed by atoms with van der Waals surface area (Å²) >= 11 is 1.74. The number of aryl methyl sites for hydroxylation is 2. The number of piperidine rings is 1. The third kappa shape index (κ3) is 6.20. The lowest BCUT2D eigenvalue weighted by Crippen LogP contribution is -2.42. The molecule has 1 saturated heterocycles. The van der Waals surface area contributed by atoms with E-state index in [0.717, 1.165) is 48.5 Å². The molecule has 0 spiro atoms. The summed E-state index contributed by atoms with van der Waals surface area (Å²) in [5.41, 5.74) is 3.34. The molecule has 0 amide bonds. The van der Waals surface area contributed by atoms with Crippen LogP contribution in [0.3, 0.4) is 0 Å². The van der Waals surface area contributed by atoms with Crippen LogP contribution in [0.1, 0.15) is 34.9 Å². The maximum atomic E-state index is 6.00. The van der Waals surface area contributed by atoms with Crippen LogP contribution in [-0.2, 0) is 13.1 Å². The summed E-state index contributed by atoms with van der Waals surface area (Å²) in [5, 5.41) is 11.4. The van der Waals surface area contributed by atoms with Gasteiger partial charge in [-0.15, -0.1) is 35.3 Å². The number of para-hydroxylation sites is 1. The molecule has 1 aliphatic rings. The average molecular weight is 554 g/mol. The van der Waals surface area contributed by atoms with Gasteiger partial charge in [-0.3, -0.25) is 9.89 Å². The van der Waals surface area contributed by atoms with Crippen molar-refractivity contribution in [2.24, 2.45) is 10.9 Å². The van der Waals surface area contributed by atoms with E-state index in [1.807, 2.05) is 25.2 Å². The number of hydrogen-bond donors (Lipinski definition) is 2. The molecule has 31 heavy (non-hydrogen) atoms. The lowest BCUT2D eigenvalue weighted by Gasteiger charge is -2.31. The Labute approximate surface area is 205 Å². The number of nitrogens with zero attached hydrogens (tertiary/aromatic N) is 3. The van der Waals surface area contributed by atoms with Gasteiger partial charge in [-0.2, -0.15) is 0 Å². The second-order valence-electron chi connectivity index (χ2n) is 8.03. The first-order valence-corrected chi connectivity index (χ1v) is 11.5. The number of likely N-dealkylation sites (tertiary alicyclic amines) is 1. The predicted molar refractivity (Wildman–Crippen MR) is 139 cm³/mol. The van der Waals surface area contributed by atoms with Crippen molar-refractivity contribution < 1.29 is 4.42 Å². The summed E-state index contributed by atoms with van der Waals surface area (Å²) in [4.78, 5) is 11.5. The van der Waals surface area contributed by atoms with Crippen LogP contribution in [0.5, 0.6) is 0 Å². The molecule has 4 rings (SSSR count). The summed E-state index contributed by atoms with van der Waals surface area (Å²) in [7, 11) is 1.82. The van der Waals surface area contributed by atoms with Gasteiger partial charge in [-0.25, -0.2) is 4.98 Å². The quantitative estimate of drug-likeness (QED) is 0.263. The van der Waals surface area contributed by atoms with E-state index in [1.54, 1.807) is 11.3 Å². The Morgan fingerprint density at radius 3 is 2.68 bits per heavy atom. The lowest BCUT2D eigenvalue weighted by molar-refractivity contribution is 0.176. The first-order chi connectivity index (χ1) is 14.6. The molecule has 0 unspecified atom stereocenters. The molecular formula is C23H32IN5OS. The summed E-state index contributed by atoms with van der Waals surface area (Å²) in [6.07, 6.45) is 2.41. The van der Waals surface area contributed by atoms with Crippen molar-refractivity contribution in [3.05, 3.63) is 51.7 Å². The topological polar surface area (TPSA) is 65.7 Å². The molecule has 6 nitrogen and oxygen atoms in total. The van der Waals surface area contributed by atoms with Gasteiger partial charge < -0.3 is 15.1 Å². The highest BCUT2D eigenvalue weighted by molar-refractivity contribution is 14.0. The number of aromatic nitrogens is 1. The van der Waals surface area contributed by atoms with Crippen molar-refractivity contribution in [1.82, 2.24) is 20.5 Å². The lowest BCUT2D eigenvalue weighted by atomic mass is 9.97. The fraction of sp³-hybridized carbons (Fsp3) is 0.478. The number of benzene rings is 1. The number of thiazole rings is 1. The molecule has 0 bridgehead atoms. The van der Waals surface area contributed by atoms with E-state index in [4.69, 9.17) is 4.42 Å². The molecule has 168 valence electrons. The van der Waals surface area contributed by atoms with Crippen LogP contribution >= 0.6 is 35.3 Å². The van der Waals surface area contributed by atoms with E-state index in [1.165, 1.54) is 29.5 Å². The van der Waals surface area contributed by atoms with Gasteiger partial charge in [-0.05, 0) is 51.8 Å². The van der Waals surface area contributed by atoms with Gasteiger partial charge in [0.25, 0.3) is 0 Å². The van der Waals surface area contributed by atoms with Crippen LogP contribution in [0.25, 0.3) is 11.0 Å². The minimum atomic E-state index is 0. The summed E-state index contributed by atoms with van der Waals surface area (Å²) in [5.74, 6) is 2.46. The van der Waals surface area contributed by atoms with Crippen molar-refractivity contribution >= 4 is 52.2 Å². The van der Waals surface area contributed by atoms with Crippen molar-refractivity contribution in [3.8, 4) is 0 Å². The summed E-state index contributed by atoms with van der Waals surface area (Å²) < 4.78 is 6.00. The molecular weight excluding hydrogens is 521 g/mol. The Morgan fingerprint density at radius 1 is 1.23 bits per heavy atom. The number of rotatable bonds is 6. The number of nitrogens with one attached hydrogen (secondary N) is 2. The van der Waals surface area contributed by atoms with Gasteiger partial charge >= 0.3 is 0 Å². The number of halogens is 1. The van der Waals surface area contributed by atoms with E-state index in [-0.39, 0.29) is 24.0 Å². The Morgan fingerprint density at radius 2 is 2.00 bits per heavy atom. The van der Waals surface area contributed by atoms with Crippen molar-refractivity contribution in [2.75, 3.05) is 26.7 Å². The minimum Gasteiger partial charge on any atom is -0.459 e. The normalized spacial score (nSPS) is 15.8. The molecule has 3 aromatic rings. The van der Waals surface area contributed by atoms with Gasteiger partial charge in [0, 0.05) is 36.5 Å². The molecule has 0 atom stereocenters. The first-order valence-electron chi connectivity index (χ1n) is 10.7. The van der Waals surface area contributed by atoms with Gasteiger partial charge in [0.15, 0.2) is 5.96 Å². The van der Waals surface area contributed by atoms with E-state index >= 15 is 0 Å². The van der Waals surface area contributed by atoms with Gasteiger partial charge in [0.1, 0.15) is 11.3 Å². The van der Waals surface area contributed by atoms with Crippen molar-refractivity contribution in [2.45, 2.75) is 39.8 Å². The van der Waals surface area contributed by atoms with Crippen LogP contribution in [0.4, 0.5) is 0 Å². The highest BCUT2D eigenvalue weighted by Crippen LogP contribution is 2.24. The zero-order chi connectivity index (χ0) is 20.9. The van der Waals surface area contributed by atoms with E-state index in [9.17, 15) is 0 Å². The van der Waals surface area contributed by atoms with Crippen molar-refractivity contribution in [1.29, 1.82) is 0 Å². The Kier molecular flexibility index (Phi) is 8.74. The maximum absolute atomic E-state index is 6.00. The predicted octanol–water partition coefficient (Wildman–Crippen LogP) is 4.70. The maximum Gasteiger partial charge on any atom is 0.191 e. The second kappa shape index (κ2) is 11.3. The zero-order valence-electron chi connectivity index (χ0n) is 18.5. The van der Waals surface area contributed by atoms with Gasteiger partial charge in [0.05, 0.1) is 17.2 Å². The number of fused-ring (bicyclic) bond motifs is 1. The Bertz CT molecular complexity index is 1010. The van der Waals surface area contributed by atoms with E-state index in [2.05, 4.69) is 50.8 Å². The van der Waals surface area contributed by atoms with E-state index < -0.39 is 0 Å². The monoisotopic (exact) mass is 553 g/mol. The molecule has 2 N–H and O–H groups in total. The number of guanidine groups is 1. The van der Waals surface area contributed by atoms with Gasteiger partial charge in [-0.1, -0.05) is 18.2 Å². The smallest absolute Gasteiger partial charge is 0.191 e. The average Bonchev–Trinajstić information content (AvgIpc) is 3.32. The Balaban J connectivity index is 0.00000272. The number of aliphatic imine (C=N–C) groups is 1. The second-order valence-corrected chi connectivity index (χ2v) is 9.09.